The van der Waals surface area contributed by atoms with E-state index in [9.17, 15) is 13.2 Å². The molecule has 4 aromatic rings. The van der Waals surface area contributed by atoms with Crippen molar-refractivity contribution in [2.75, 3.05) is 11.3 Å². The molecular weight excluding hydrogens is 402 g/mol. The third-order valence-corrected chi connectivity index (χ3v) is 6.13. The fourth-order valence-corrected chi connectivity index (χ4v) is 4.59. The van der Waals surface area contributed by atoms with Crippen LogP contribution in [0.1, 0.15) is 6.92 Å². The number of nitrogens with zero attached hydrogens (tertiary/aromatic N) is 1. The second-order valence-corrected chi connectivity index (χ2v) is 8.31. The number of hydrogen-bond donors (Lipinski definition) is 2. The summed E-state index contributed by atoms with van der Waals surface area (Å²) in [7, 11) is -3.77. The smallest absolute Gasteiger partial charge is 0.417 e. The van der Waals surface area contributed by atoms with Gasteiger partial charge in [0.15, 0.2) is 10.7 Å². The van der Waals surface area contributed by atoms with Gasteiger partial charge in [0.1, 0.15) is 5.75 Å². The number of aromatic amines is 1. The number of benzene rings is 2. The highest BCUT2D eigenvalue weighted by atomic mass is 32.2. The molecule has 0 fully saturated rings. The van der Waals surface area contributed by atoms with Crippen molar-refractivity contribution in [3.8, 4) is 17.0 Å². The summed E-state index contributed by atoms with van der Waals surface area (Å²) in [6.45, 7) is 2.36. The average Bonchev–Trinajstić information content (AvgIpc) is 3.26. The molecule has 0 saturated heterocycles. The molecule has 0 unspecified atom stereocenters. The Morgan fingerprint density at radius 2 is 2.00 bits per heavy atom. The lowest BCUT2D eigenvalue weighted by Gasteiger charge is -2.07. The Morgan fingerprint density at radius 3 is 2.75 bits per heavy atom. The van der Waals surface area contributed by atoms with Crippen LogP contribution >= 0.6 is 11.3 Å². The summed E-state index contributed by atoms with van der Waals surface area (Å²) in [5.41, 5.74) is 2.27. The zero-order valence-electron chi connectivity index (χ0n) is 14.6. The summed E-state index contributed by atoms with van der Waals surface area (Å²) in [5.74, 6) is 0.0685. The number of aromatic nitrogens is 2. The molecule has 2 aromatic heterocycles. The molecule has 10 heteroatoms. The Kier molecular flexibility index (Phi) is 4.65. The second-order valence-electron chi connectivity index (χ2n) is 5.77. The minimum atomic E-state index is -3.77. The van der Waals surface area contributed by atoms with Crippen LogP contribution in [0.3, 0.4) is 0 Å². The minimum Gasteiger partial charge on any atom is -0.494 e. The van der Waals surface area contributed by atoms with E-state index in [1.807, 2.05) is 6.92 Å². The van der Waals surface area contributed by atoms with Crippen molar-refractivity contribution >= 4 is 37.6 Å². The topological polar surface area (TPSA) is 114 Å². The van der Waals surface area contributed by atoms with Crippen molar-refractivity contribution in [3.63, 3.8) is 0 Å². The molecule has 0 saturated carbocycles. The van der Waals surface area contributed by atoms with Gasteiger partial charge in [-0.05, 0) is 43.3 Å². The molecule has 0 aliphatic carbocycles. The molecule has 0 bridgehead atoms. The van der Waals surface area contributed by atoms with Crippen molar-refractivity contribution in [3.05, 3.63) is 58.4 Å². The maximum Gasteiger partial charge on any atom is 0.417 e. The summed E-state index contributed by atoms with van der Waals surface area (Å²) in [5, 5.41) is 1.96. The Hall–Kier alpha value is -3.11. The third kappa shape index (κ3) is 3.64. The molecule has 0 spiro atoms. The first-order chi connectivity index (χ1) is 13.4. The van der Waals surface area contributed by atoms with Crippen molar-refractivity contribution in [2.24, 2.45) is 0 Å². The first-order valence-corrected chi connectivity index (χ1v) is 10.7. The molecule has 2 aromatic carbocycles. The van der Waals surface area contributed by atoms with E-state index in [-0.39, 0.29) is 10.0 Å². The van der Waals surface area contributed by atoms with Crippen LogP contribution in [0.25, 0.3) is 22.4 Å². The maximum absolute atomic E-state index is 12.6. The highest BCUT2D eigenvalue weighted by molar-refractivity contribution is 7.93. The Balaban J connectivity index is 1.57. The van der Waals surface area contributed by atoms with Gasteiger partial charge in [-0.25, -0.2) is 18.2 Å². The van der Waals surface area contributed by atoms with Gasteiger partial charge in [0.2, 0.25) is 0 Å². The van der Waals surface area contributed by atoms with Crippen molar-refractivity contribution < 1.29 is 17.6 Å². The normalized spacial score (nSPS) is 11.6. The van der Waals surface area contributed by atoms with Crippen LogP contribution < -0.4 is 15.2 Å². The zero-order valence-corrected chi connectivity index (χ0v) is 16.3. The highest BCUT2D eigenvalue weighted by Gasteiger charge is 2.17. The maximum atomic E-state index is 12.6. The van der Waals surface area contributed by atoms with Gasteiger partial charge in [-0.2, -0.15) is 0 Å². The van der Waals surface area contributed by atoms with Crippen LogP contribution in [0.15, 0.2) is 62.0 Å². The largest absolute Gasteiger partial charge is 0.494 e. The molecule has 4 rings (SSSR count). The molecule has 2 heterocycles. The van der Waals surface area contributed by atoms with Crippen molar-refractivity contribution in [2.45, 2.75) is 11.8 Å². The number of H-pyrrole nitrogens is 1. The van der Waals surface area contributed by atoms with Crippen LogP contribution in [0.4, 0.5) is 5.13 Å². The number of fused-ring (bicyclic) bond motifs is 1. The number of hydrogen-bond acceptors (Lipinski definition) is 7. The molecule has 144 valence electrons. The highest BCUT2D eigenvalue weighted by Crippen LogP contribution is 2.28. The number of thiazole rings is 1. The van der Waals surface area contributed by atoms with Gasteiger partial charge < -0.3 is 9.15 Å². The number of rotatable bonds is 6. The van der Waals surface area contributed by atoms with Gasteiger partial charge in [-0.3, -0.25) is 9.71 Å². The quantitative estimate of drug-likeness (QED) is 0.497. The Bertz CT molecular complexity index is 1290. The van der Waals surface area contributed by atoms with Crippen LogP contribution in [0.5, 0.6) is 5.75 Å². The lowest BCUT2D eigenvalue weighted by molar-refractivity contribution is 0.340. The molecule has 0 aliphatic rings. The number of oxazole rings is 1. The average molecular weight is 417 g/mol. The fourth-order valence-electron chi connectivity index (χ4n) is 2.61. The molecule has 0 aliphatic heterocycles. The summed E-state index contributed by atoms with van der Waals surface area (Å²) in [4.78, 5) is 18.3. The molecular formula is C18H15N3O5S2. The van der Waals surface area contributed by atoms with Gasteiger partial charge in [0.05, 0.1) is 22.7 Å². The van der Waals surface area contributed by atoms with Crippen LogP contribution in [-0.4, -0.2) is 25.0 Å². The van der Waals surface area contributed by atoms with E-state index in [0.29, 0.717) is 34.7 Å². The van der Waals surface area contributed by atoms with E-state index in [4.69, 9.17) is 9.15 Å². The van der Waals surface area contributed by atoms with Crippen LogP contribution in [0, 0.1) is 0 Å². The fraction of sp³-hybridized carbons (Fsp3) is 0.111. The number of anilines is 1. The first-order valence-electron chi connectivity index (χ1n) is 8.29. The number of nitrogens with one attached hydrogen (secondary N) is 2. The summed E-state index contributed by atoms with van der Waals surface area (Å²) in [6, 6.07) is 11.3. The van der Waals surface area contributed by atoms with Gasteiger partial charge >= 0.3 is 5.76 Å². The molecule has 0 atom stereocenters. The second kappa shape index (κ2) is 7.13. The predicted molar refractivity (Wildman–Crippen MR) is 106 cm³/mol. The van der Waals surface area contributed by atoms with E-state index in [1.54, 1.807) is 35.7 Å². The minimum absolute atomic E-state index is 0.114. The summed E-state index contributed by atoms with van der Waals surface area (Å²) < 4.78 is 38.0. The molecule has 8 nitrogen and oxygen atoms in total. The van der Waals surface area contributed by atoms with Crippen molar-refractivity contribution in [1.29, 1.82) is 0 Å². The third-order valence-electron chi connectivity index (χ3n) is 3.89. The Labute approximate surface area is 163 Å². The van der Waals surface area contributed by atoms with E-state index < -0.39 is 15.8 Å². The zero-order chi connectivity index (χ0) is 19.7. The van der Waals surface area contributed by atoms with Gasteiger partial charge in [-0.1, -0.05) is 6.07 Å². The SMILES string of the molecule is CCOc1ccc(S(=O)(=O)Nc2nc(-c3ccc4[nH]c(=O)oc4c3)cs2)cc1. The molecule has 0 amide bonds. The van der Waals surface area contributed by atoms with E-state index in [1.165, 1.54) is 12.1 Å². The van der Waals surface area contributed by atoms with Crippen LogP contribution in [0.2, 0.25) is 0 Å². The monoisotopic (exact) mass is 417 g/mol. The number of ether oxygens (including phenoxy) is 1. The van der Waals surface area contributed by atoms with Crippen molar-refractivity contribution in [1.82, 2.24) is 9.97 Å². The summed E-state index contributed by atoms with van der Waals surface area (Å²) in [6.07, 6.45) is 0. The van der Waals surface area contributed by atoms with Gasteiger partial charge in [-0.15, -0.1) is 11.3 Å². The molecule has 2 N–H and O–H groups in total. The Morgan fingerprint density at radius 1 is 1.21 bits per heavy atom. The predicted octanol–water partition coefficient (Wildman–Crippen LogP) is 3.44. The summed E-state index contributed by atoms with van der Waals surface area (Å²) >= 11 is 1.16. The standard InChI is InChI=1S/C18H15N3O5S2/c1-2-25-12-4-6-13(7-5-12)28(23,24)21-17-19-15(10-27-17)11-3-8-14-16(9-11)26-18(22)20-14/h3-10H,2H2,1H3,(H,19,21)(H,20,22). The molecule has 0 radical (unpaired) electrons. The van der Waals surface area contributed by atoms with E-state index >= 15 is 0 Å². The van der Waals surface area contributed by atoms with Crippen LogP contribution in [-0.2, 0) is 10.0 Å². The number of sulfonamides is 1. The van der Waals surface area contributed by atoms with Gasteiger partial charge in [0, 0.05) is 10.9 Å². The van der Waals surface area contributed by atoms with E-state index in [0.717, 1.165) is 11.3 Å². The molecule has 28 heavy (non-hydrogen) atoms. The lowest BCUT2D eigenvalue weighted by atomic mass is 10.1. The first kappa shape index (κ1) is 18.3. The van der Waals surface area contributed by atoms with E-state index in [2.05, 4.69) is 14.7 Å². The lowest BCUT2D eigenvalue weighted by Crippen LogP contribution is -2.12. The van der Waals surface area contributed by atoms with Gasteiger partial charge in [0.25, 0.3) is 10.0 Å².